The second-order valence-electron chi connectivity index (χ2n) is 4.28. The summed E-state index contributed by atoms with van der Waals surface area (Å²) >= 11 is 5.21. The van der Waals surface area contributed by atoms with Crippen molar-refractivity contribution in [1.29, 1.82) is 0 Å². The summed E-state index contributed by atoms with van der Waals surface area (Å²) in [5.41, 5.74) is 1.34. The van der Waals surface area contributed by atoms with Gasteiger partial charge in [0.2, 0.25) is 0 Å². The number of hydrogen-bond donors (Lipinski definition) is 1. The van der Waals surface area contributed by atoms with Gasteiger partial charge in [0, 0.05) is 26.2 Å². The standard InChI is InChI=1S/C12H19BrN2OS/c1-2-15-3-4-16-11(8-15)7-14-6-10-5-12(13)17-9-10/h5,9,11,14H,2-4,6-8H2,1H3/t11-/m1/s1. The molecule has 17 heavy (non-hydrogen) atoms. The topological polar surface area (TPSA) is 24.5 Å². The lowest BCUT2D eigenvalue weighted by Gasteiger charge is -2.32. The van der Waals surface area contributed by atoms with Crippen LogP contribution in [0.5, 0.6) is 0 Å². The van der Waals surface area contributed by atoms with E-state index in [1.54, 1.807) is 11.3 Å². The van der Waals surface area contributed by atoms with Crippen LogP contribution in [0.15, 0.2) is 15.2 Å². The molecule has 0 bridgehead atoms. The van der Waals surface area contributed by atoms with Crippen LogP contribution >= 0.6 is 27.3 Å². The molecule has 1 saturated heterocycles. The molecular weight excluding hydrogens is 300 g/mol. The Balaban J connectivity index is 1.68. The summed E-state index contributed by atoms with van der Waals surface area (Å²) in [4.78, 5) is 2.44. The van der Waals surface area contributed by atoms with Gasteiger partial charge in [0.15, 0.2) is 0 Å². The van der Waals surface area contributed by atoms with E-state index in [1.165, 1.54) is 9.35 Å². The molecule has 1 fully saturated rings. The van der Waals surface area contributed by atoms with E-state index in [-0.39, 0.29) is 0 Å². The SMILES string of the molecule is CCN1CCO[C@H](CNCc2csc(Br)c2)C1. The predicted molar refractivity (Wildman–Crippen MR) is 75.6 cm³/mol. The second kappa shape index (κ2) is 6.85. The number of rotatable bonds is 5. The van der Waals surface area contributed by atoms with E-state index in [4.69, 9.17) is 4.74 Å². The summed E-state index contributed by atoms with van der Waals surface area (Å²) < 4.78 is 6.94. The molecule has 3 nitrogen and oxygen atoms in total. The molecule has 1 aliphatic heterocycles. The van der Waals surface area contributed by atoms with Crippen molar-refractivity contribution in [2.45, 2.75) is 19.6 Å². The van der Waals surface area contributed by atoms with E-state index in [9.17, 15) is 0 Å². The van der Waals surface area contributed by atoms with E-state index < -0.39 is 0 Å². The van der Waals surface area contributed by atoms with Gasteiger partial charge in [-0.3, -0.25) is 4.90 Å². The molecule has 0 amide bonds. The van der Waals surface area contributed by atoms with Crippen molar-refractivity contribution in [3.63, 3.8) is 0 Å². The van der Waals surface area contributed by atoms with Crippen LogP contribution in [0.1, 0.15) is 12.5 Å². The number of nitrogens with one attached hydrogen (secondary N) is 1. The van der Waals surface area contributed by atoms with Gasteiger partial charge < -0.3 is 10.1 Å². The minimum absolute atomic E-state index is 0.339. The minimum Gasteiger partial charge on any atom is -0.374 e. The Bertz CT molecular complexity index is 345. The van der Waals surface area contributed by atoms with Crippen molar-refractivity contribution in [2.24, 2.45) is 0 Å². The molecule has 0 radical (unpaired) electrons. The predicted octanol–water partition coefficient (Wildman–Crippen LogP) is 2.32. The molecule has 1 aromatic rings. The summed E-state index contributed by atoms with van der Waals surface area (Å²) in [6.45, 7) is 8.18. The lowest BCUT2D eigenvalue weighted by molar-refractivity contribution is -0.0253. The van der Waals surface area contributed by atoms with Crippen LogP contribution in [0.25, 0.3) is 0 Å². The lowest BCUT2D eigenvalue weighted by Crippen LogP contribution is -2.46. The molecule has 1 aliphatic rings. The smallest absolute Gasteiger partial charge is 0.0826 e. The average molecular weight is 319 g/mol. The van der Waals surface area contributed by atoms with Crippen molar-refractivity contribution in [2.75, 3.05) is 32.8 Å². The maximum Gasteiger partial charge on any atom is 0.0826 e. The Kier molecular flexibility index (Phi) is 5.44. The summed E-state index contributed by atoms with van der Waals surface area (Å²) in [5, 5.41) is 5.64. The fraction of sp³-hybridized carbons (Fsp3) is 0.667. The Morgan fingerprint density at radius 3 is 3.24 bits per heavy atom. The number of hydrogen-bond acceptors (Lipinski definition) is 4. The molecule has 0 spiro atoms. The summed E-state index contributed by atoms with van der Waals surface area (Å²) in [6, 6.07) is 2.16. The lowest BCUT2D eigenvalue weighted by atomic mass is 10.2. The molecular formula is C12H19BrN2OS. The first-order valence-electron chi connectivity index (χ1n) is 6.05. The summed E-state index contributed by atoms with van der Waals surface area (Å²) in [6.07, 6.45) is 0.339. The number of morpholine rings is 1. The zero-order valence-corrected chi connectivity index (χ0v) is 12.5. The highest BCUT2D eigenvalue weighted by Crippen LogP contribution is 2.20. The highest BCUT2D eigenvalue weighted by Gasteiger charge is 2.18. The molecule has 0 saturated carbocycles. The molecule has 1 aromatic heterocycles. The van der Waals surface area contributed by atoms with Gasteiger partial charge >= 0.3 is 0 Å². The van der Waals surface area contributed by atoms with Crippen molar-refractivity contribution in [3.8, 4) is 0 Å². The molecule has 5 heteroatoms. The van der Waals surface area contributed by atoms with Gasteiger partial charge in [-0.15, -0.1) is 11.3 Å². The molecule has 2 heterocycles. The first-order chi connectivity index (χ1) is 8.28. The van der Waals surface area contributed by atoms with Gasteiger partial charge in [0.1, 0.15) is 0 Å². The maximum absolute atomic E-state index is 5.74. The first-order valence-corrected chi connectivity index (χ1v) is 7.72. The molecule has 0 aliphatic carbocycles. The van der Waals surface area contributed by atoms with Crippen LogP contribution < -0.4 is 5.32 Å². The normalized spacial score (nSPS) is 21.9. The van der Waals surface area contributed by atoms with Crippen LogP contribution in [-0.4, -0.2) is 43.8 Å². The largest absolute Gasteiger partial charge is 0.374 e. The van der Waals surface area contributed by atoms with Crippen molar-refractivity contribution in [3.05, 3.63) is 20.8 Å². The zero-order chi connectivity index (χ0) is 12.1. The van der Waals surface area contributed by atoms with E-state index in [1.807, 2.05) is 0 Å². The van der Waals surface area contributed by atoms with Gasteiger partial charge in [0.05, 0.1) is 16.5 Å². The van der Waals surface area contributed by atoms with E-state index in [0.29, 0.717) is 6.10 Å². The Morgan fingerprint density at radius 2 is 2.53 bits per heavy atom. The number of nitrogens with zero attached hydrogens (tertiary/aromatic N) is 1. The summed E-state index contributed by atoms with van der Waals surface area (Å²) in [5.74, 6) is 0. The van der Waals surface area contributed by atoms with Crippen LogP contribution in [0.3, 0.4) is 0 Å². The fourth-order valence-electron chi connectivity index (χ4n) is 2.01. The van der Waals surface area contributed by atoms with Gasteiger partial charge in [0.25, 0.3) is 0 Å². The van der Waals surface area contributed by atoms with E-state index in [2.05, 4.69) is 44.5 Å². The maximum atomic E-state index is 5.74. The van der Waals surface area contributed by atoms with Gasteiger partial charge in [-0.25, -0.2) is 0 Å². The summed E-state index contributed by atoms with van der Waals surface area (Å²) in [7, 11) is 0. The van der Waals surface area contributed by atoms with E-state index >= 15 is 0 Å². The Hall–Kier alpha value is 0.0600. The van der Waals surface area contributed by atoms with Gasteiger partial charge in [-0.05, 0) is 39.5 Å². The van der Waals surface area contributed by atoms with E-state index in [0.717, 1.165) is 39.3 Å². The van der Waals surface area contributed by atoms with Crippen LogP contribution in [0, 0.1) is 0 Å². The number of likely N-dealkylation sites (N-methyl/N-ethyl adjacent to an activating group) is 1. The molecule has 1 N–H and O–H groups in total. The first kappa shape index (κ1) is 13.5. The highest BCUT2D eigenvalue weighted by molar-refractivity contribution is 9.11. The number of ether oxygens (including phenoxy) is 1. The van der Waals surface area contributed by atoms with Crippen molar-refractivity contribution in [1.82, 2.24) is 10.2 Å². The van der Waals surface area contributed by atoms with Gasteiger partial charge in [-0.1, -0.05) is 6.92 Å². The van der Waals surface area contributed by atoms with Crippen molar-refractivity contribution >= 4 is 27.3 Å². The van der Waals surface area contributed by atoms with Crippen LogP contribution in [0.4, 0.5) is 0 Å². The third-order valence-electron chi connectivity index (χ3n) is 2.99. The number of thiophene rings is 1. The zero-order valence-electron chi connectivity index (χ0n) is 10.1. The highest BCUT2D eigenvalue weighted by atomic mass is 79.9. The molecule has 96 valence electrons. The fourth-order valence-corrected chi connectivity index (χ4v) is 3.22. The average Bonchev–Trinajstić information content (AvgIpc) is 2.75. The minimum atomic E-state index is 0.339. The Morgan fingerprint density at radius 1 is 1.65 bits per heavy atom. The molecule has 0 unspecified atom stereocenters. The second-order valence-corrected chi connectivity index (χ2v) is 6.57. The molecule has 2 rings (SSSR count). The molecule has 1 atom stereocenters. The third kappa shape index (κ3) is 4.34. The number of halogens is 1. The van der Waals surface area contributed by atoms with Crippen LogP contribution in [0.2, 0.25) is 0 Å². The van der Waals surface area contributed by atoms with Crippen molar-refractivity contribution < 1.29 is 4.74 Å². The quantitative estimate of drug-likeness (QED) is 0.901. The third-order valence-corrected chi connectivity index (χ3v) is 4.55. The van der Waals surface area contributed by atoms with Crippen LogP contribution in [-0.2, 0) is 11.3 Å². The van der Waals surface area contributed by atoms with Gasteiger partial charge in [-0.2, -0.15) is 0 Å². The Labute approximate surface area is 115 Å². The monoisotopic (exact) mass is 318 g/mol. The molecule has 0 aromatic carbocycles.